The lowest BCUT2D eigenvalue weighted by Crippen LogP contribution is -2.39. The fourth-order valence-electron chi connectivity index (χ4n) is 2.10. The lowest BCUT2D eigenvalue weighted by molar-refractivity contribution is -0.149. The highest BCUT2D eigenvalue weighted by molar-refractivity contribution is 7.91. The molecule has 0 aromatic heterocycles. The lowest BCUT2D eigenvalue weighted by Gasteiger charge is -2.21. The maximum absolute atomic E-state index is 12.3. The first kappa shape index (κ1) is 21.1. The average molecular weight is 371 g/mol. The zero-order valence-corrected chi connectivity index (χ0v) is 15.7. The molecule has 1 rings (SSSR count). The van der Waals surface area contributed by atoms with Crippen LogP contribution in [0.25, 0.3) is 0 Å². The molecule has 0 heterocycles. The van der Waals surface area contributed by atoms with Gasteiger partial charge in [-0.2, -0.15) is 0 Å². The van der Waals surface area contributed by atoms with Crippen LogP contribution in [0, 0.1) is 6.92 Å². The summed E-state index contributed by atoms with van der Waals surface area (Å²) in [5.74, 6) is -1.28. The summed E-state index contributed by atoms with van der Waals surface area (Å²) in [5, 5.41) is 0. The molecule has 8 heteroatoms. The Morgan fingerprint density at radius 3 is 2.36 bits per heavy atom. The van der Waals surface area contributed by atoms with Crippen molar-refractivity contribution < 1.29 is 27.5 Å². The molecule has 1 aromatic carbocycles. The van der Waals surface area contributed by atoms with Crippen LogP contribution in [0.4, 0.5) is 0 Å². The van der Waals surface area contributed by atoms with Gasteiger partial charge < -0.3 is 14.4 Å². The molecule has 7 nitrogen and oxygen atoms in total. The van der Waals surface area contributed by atoms with Gasteiger partial charge in [-0.25, -0.2) is 8.42 Å². The minimum atomic E-state index is -3.56. The van der Waals surface area contributed by atoms with Crippen molar-refractivity contribution in [3.63, 3.8) is 0 Å². The highest BCUT2D eigenvalue weighted by atomic mass is 32.2. The molecule has 0 N–H and O–H groups in total. The van der Waals surface area contributed by atoms with Crippen LogP contribution in [0.15, 0.2) is 29.2 Å². The van der Waals surface area contributed by atoms with E-state index in [1.54, 1.807) is 19.1 Å². The largest absolute Gasteiger partial charge is 0.465 e. The van der Waals surface area contributed by atoms with Crippen LogP contribution >= 0.6 is 0 Å². The summed E-state index contributed by atoms with van der Waals surface area (Å²) in [4.78, 5) is 25.4. The number of sulfone groups is 1. The lowest BCUT2D eigenvalue weighted by atomic mass is 10.2. The van der Waals surface area contributed by atoms with E-state index in [2.05, 4.69) is 0 Å². The van der Waals surface area contributed by atoms with E-state index in [4.69, 9.17) is 9.47 Å². The fraction of sp³-hybridized carbons (Fsp3) is 0.529. The van der Waals surface area contributed by atoms with Crippen molar-refractivity contribution >= 4 is 21.7 Å². The van der Waals surface area contributed by atoms with Crippen LogP contribution in [0.3, 0.4) is 0 Å². The molecule has 0 atom stereocenters. The Bertz CT molecular complexity index is 669. The summed E-state index contributed by atoms with van der Waals surface area (Å²) in [6, 6.07) is 6.47. The van der Waals surface area contributed by atoms with Crippen molar-refractivity contribution in [3.8, 4) is 0 Å². The Morgan fingerprint density at radius 1 is 1.16 bits per heavy atom. The van der Waals surface area contributed by atoms with Gasteiger partial charge in [0.15, 0.2) is 9.84 Å². The first-order valence-corrected chi connectivity index (χ1v) is 9.67. The number of esters is 1. The zero-order chi connectivity index (χ0) is 18.9. The number of carbonyl (C=O) groups excluding carboxylic acids is 2. The number of methoxy groups -OCH3 is 1. The van der Waals surface area contributed by atoms with Gasteiger partial charge in [0.25, 0.3) is 0 Å². The van der Waals surface area contributed by atoms with Gasteiger partial charge in [0.1, 0.15) is 6.54 Å². The van der Waals surface area contributed by atoms with Crippen LogP contribution in [-0.2, 0) is 28.9 Å². The normalized spacial score (nSPS) is 11.2. The number of rotatable bonds is 10. The molecule has 0 unspecified atom stereocenters. The van der Waals surface area contributed by atoms with Gasteiger partial charge in [-0.05, 0) is 26.0 Å². The molecule has 0 spiro atoms. The Hall–Kier alpha value is -1.93. The first-order chi connectivity index (χ1) is 11.8. The summed E-state index contributed by atoms with van der Waals surface area (Å²) in [6.07, 6.45) is -0.209. The molecular formula is C17H25NO6S. The molecule has 1 amide bonds. The second kappa shape index (κ2) is 10.1. The zero-order valence-electron chi connectivity index (χ0n) is 14.9. The third-order valence-corrected chi connectivity index (χ3v) is 5.24. The number of benzene rings is 1. The van der Waals surface area contributed by atoms with Gasteiger partial charge in [0.2, 0.25) is 5.91 Å². The number of ether oxygens (including phenoxy) is 2. The standard InChI is InChI=1S/C17H25NO6S/c1-4-24-17(20)13-18(10-11-23-3)16(19)9-12-25(21,22)15-7-5-14(2)6-8-15/h5-8H,4,9-13H2,1-3H3. The smallest absolute Gasteiger partial charge is 0.325 e. The Balaban J connectivity index is 2.71. The number of hydrogen-bond donors (Lipinski definition) is 0. The van der Waals surface area contributed by atoms with Crippen LogP contribution in [0.5, 0.6) is 0 Å². The summed E-state index contributed by atoms with van der Waals surface area (Å²) in [6.45, 7) is 3.97. The Labute approximate surface area is 148 Å². The second-order valence-electron chi connectivity index (χ2n) is 5.50. The van der Waals surface area contributed by atoms with Crippen molar-refractivity contribution in [1.29, 1.82) is 0 Å². The summed E-state index contributed by atoms with van der Waals surface area (Å²) in [5.41, 5.74) is 0.954. The fourth-order valence-corrected chi connectivity index (χ4v) is 3.33. The summed E-state index contributed by atoms with van der Waals surface area (Å²) >= 11 is 0. The Morgan fingerprint density at radius 2 is 1.80 bits per heavy atom. The number of carbonyl (C=O) groups is 2. The molecule has 0 aliphatic carbocycles. The summed E-state index contributed by atoms with van der Waals surface area (Å²) in [7, 11) is -2.08. The van der Waals surface area contributed by atoms with Gasteiger partial charge in [-0.15, -0.1) is 0 Å². The molecule has 0 aliphatic rings. The van der Waals surface area contributed by atoms with Crippen LogP contribution in [-0.4, -0.2) is 64.4 Å². The number of hydrogen-bond acceptors (Lipinski definition) is 6. The molecule has 140 valence electrons. The molecule has 0 radical (unpaired) electrons. The van der Waals surface area contributed by atoms with Crippen molar-refractivity contribution in [3.05, 3.63) is 29.8 Å². The third-order valence-electron chi connectivity index (χ3n) is 3.51. The van der Waals surface area contributed by atoms with Crippen LogP contribution < -0.4 is 0 Å². The van der Waals surface area contributed by atoms with Gasteiger partial charge in [0, 0.05) is 20.1 Å². The maximum Gasteiger partial charge on any atom is 0.325 e. The van der Waals surface area contributed by atoms with E-state index >= 15 is 0 Å². The number of nitrogens with zero attached hydrogens (tertiary/aromatic N) is 1. The molecule has 1 aromatic rings. The van der Waals surface area contributed by atoms with Crippen LogP contribution in [0.2, 0.25) is 0 Å². The van der Waals surface area contributed by atoms with Crippen molar-refractivity contribution in [2.45, 2.75) is 25.2 Å². The quantitative estimate of drug-likeness (QED) is 0.574. The van der Waals surface area contributed by atoms with Gasteiger partial charge in [-0.1, -0.05) is 17.7 Å². The molecule has 0 saturated heterocycles. The highest BCUT2D eigenvalue weighted by Crippen LogP contribution is 2.13. The van der Waals surface area contributed by atoms with E-state index < -0.39 is 21.7 Å². The Kier molecular flexibility index (Phi) is 8.57. The van der Waals surface area contributed by atoms with Gasteiger partial charge in [-0.3, -0.25) is 9.59 Å². The molecule has 0 saturated carbocycles. The monoisotopic (exact) mass is 371 g/mol. The second-order valence-corrected chi connectivity index (χ2v) is 7.60. The molecule has 25 heavy (non-hydrogen) atoms. The van der Waals surface area contributed by atoms with E-state index in [1.807, 2.05) is 6.92 Å². The van der Waals surface area contributed by atoms with Gasteiger partial charge >= 0.3 is 5.97 Å². The summed E-state index contributed by atoms with van der Waals surface area (Å²) < 4.78 is 34.4. The van der Waals surface area contributed by atoms with Crippen molar-refractivity contribution in [2.75, 3.05) is 39.2 Å². The first-order valence-electron chi connectivity index (χ1n) is 8.02. The van der Waals surface area contributed by atoms with E-state index in [9.17, 15) is 18.0 Å². The van der Waals surface area contributed by atoms with Crippen molar-refractivity contribution in [1.82, 2.24) is 4.90 Å². The van der Waals surface area contributed by atoms with E-state index in [0.717, 1.165) is 5.56 Å². The van der Waals surface area contributed by atoms with E-state index in [1.165, 1.54) is 24.1 Å². The van der Waals surface area contributed by atoms with Gasteiger partial charge in [0.05, 0.1) is 23.9 Å². The number of aryl methyl sites for hydroxylation is 1. The molecular weight excluding hydrogens is 346 g/mol. The SMILES string of the molecule is CCOC(=O)CN(CCOC)C(=O)CCS(=O)(=O)c1ccc(C)cc1. The van der Waals surface area contributed by atoms with Crippen LogP contribution in [0.1, 0.15) is 18.9 Å². The minimum Gasteiger partial charge on any atom is -0.465 e. The maximum atomic E-state index is 12.3. The molecule has 0 bridgehead atoms. The number of amides is 1. The molecule has 0 fully saturated rings. The topological polar surface area (TPSA) is 90.0 Å². The molecule has 0 aliphatic heterocycles. The van der Waals surface area contributed by atoms with E-state index in [0.29, 0.717) is 0 Å². The van der Waals surface area contributed by atoms with Crippen molar-refractivity contribution in [2.24, 2.45) is 0 Å². The van der Waals surface area contributed by atoms with E-state index in [-0.39, 0.29) is 43.4 Å². The predicted molar refractivity (Wildman–Crippen MR) is 92.9 cm³/mol. The third kappa shape index (κ3) is 7.23. The predicted octanol–water partition coefficient (Wildman–Crippen LogP) is 1.20. The average Bonchev–Trinajstić information content (AvgIpc) is 2.57. The highest BCUT2D eigenvalue weighted by Gasteiger charge is 2.21. The minimum absolute atomic E-state index is 0.180.